The maximum atomic E-state index is 11.7. The van der Waals surface area contributed by atoms with Crippen molar-refractivity contribution in [3.63, 3.8) is 0 Å². The molecule has 0 radical (unpaired) electrons. The van der Waals surface area contributed by atoms with Gasteiger partial charge in [0.05, 0.1) is 18.2 Å². The van der Waals surface area contributed by atoms with E-state index in [0.29, 0.717) is 38.0 Å². The van der Waals surface area contributed by atoms with Gasteiger partial charge in [0.1, 0.15) is 10.2 Å². The van der Waals surface area contributed by atoms with Gasteiger partial charge < -0.3 is 9.84 Å². The summed E-state index contributed by atoms with van der Waals surface area (Å²) in [5.41, 5.74) is 0.812. The lowest BCUT2D eigenvalue weighted by Crippen LogP contribution is -2.35. The zero-order valence-corrected chi connectivity index (χ0v) is 13.4. The topological polar surface area (TPSA) is 59.4 Å². The molecule has 0 aliphatic heterocycles. The number of nitrogens with zero attached hydrogens (tertiary/aromatic N) is 1. The van der Waals surface area contributed by atoms with Gasteiger partial charge >= 0.3 is 5.97 Å². The molecule has 1 aliphatic carbocycles. The first kappa shape index (κ1) is 15.4. The Kier molecular flexibility index (Phi) is 4.81. The van der Waals surface area contributed by atoms with E-state index < -0.39 is 5.60 Å². The first-order chi connectivity index (χ1) is 9.44. The van der Waals surface area contributed by atoms with Crippen LogP contribution in [0.3, 0.4) is 0 Å². The summed E-state index contributed by atoms with van der Waals surface area (Å²) in [6, 6.07) is 3.83. The third kappa shape index (κ3) is 3.38. The van der Waals surface area contributed by atoms with Crippen molar-refractivity contribution in [1.82, 2.24) is 4.98 Å². The van der Waals surface area contributed by atoms with Crippen LogP contribution in [0.25, 0.3) is 0 Å². The maximum Gasteiger partial charge on any atom is 0.308 e. The quantitative estimate of drug-likeness (QED) is 0.677. The molecular weight excluding hydrogens is 322 g/mol. The average Bonchev–Trinajstić information content (AvgIpc) is 2.38. The number of ether oxygens (including phenoxy) is 1. The number of hydrogen-bond acceptors (Lipinski definition) is 4. The molecule has 110 valence electrons. The van der Waals surface area contributed by atoms with Crippen molar-refractivity contribution in [3.8, 4) is 0 Å². The molecule has 0 amide bonds. The Morgan fingerprint density at radius 1 is 1.50 bits per heavy atom. The van der Waals surface area contributed by atoms with E-state index in [0.717, 1.165) is 10.2 Å². The van der Waals surface area contributed by atoms with Crippen molar-refractivity contribution >= 4 is 21.9 Å². The monoisotopic (exact) mass is 341 g/mol. The highest BCUT2D eigenvalue weighted by Gasteiger charge is 2.38. The van der Waals surface area contributed by atoms with Crippen molar-refractivity contribution in [1.29, 1.82) is 0 Å². The summed E-state index contributed by atoms with van der Waals surface area (Å²) >= 11 is 3.36. The minimum atomic E-state index is -0.933. The van der Waals surface area contributed by atoms with Crippen molar-refractivity contribution in [2.45, 2.75) is 45.1 Å². The second kappa shape index (κ2) is 6.22. The number of aromatic nitrogens is 1. The Morgan fingerprint density at radius 3 is 2.70 bits per heavy atom. The molecule has 1 saturated carbocycles. The Hall–Kier alpha value is -0.940. The molecule has 0 saturated heterocycles. The molecule has 4 nitrogen and oxygen atoms in total. The number of hydrogen-bond donors (Lipinski definition) is 1. The van der Waals surface area contributed by atoms with Gasteiger partial charge in [-0.05, 0) is 73.2 Å². The van der Waals surface area contributed by atoms with Crippen LogP contribution in [-0.4, -0.2) is 22.7 Å². The van der Waals surface area contributed by atoms with Crippen LogP contribution in [-0.2, 0) is 15.1 Å². The van der Waals surface area contributed by atoms with Gasteiger partial charge in [-0.2, -0.15) is 0 Å². The molecule has 1 heterocycles. The van der Waals surface area contributed by atoms with Gasteiger partial charge in [0.2, 0.25) is 0 Å². The third-order valence-electron chi connectivity index (χ3n) is 3.85. The van der Waals surface area contributed by atoms with Crippen LogP contribution in [0.1, 0.15) is 43.9 Å². The summed E-state index contributed by atoms with van der Waals surface area (Å²) in [5.74, 6) is -0.239. The zero-order chi connectivity index (χ0) is 14.8. The first-order valence-corrected chi connectivity index (χ1v) is 7.77. The standard InChI is InChI=1S/C15H20BrNO3/c1-3-20-14(18)11-4-6-15(19,7-5-11)12-8-10(2)9-13(16)17-12/h8-9,11,19H,3-7H2,1-2H3/t11-,15+. The maximum absolute atomic E-state index is 11.7. The molecule has 20 heavy (non-hydrogen) atoms. The molecule has 5 heteroatoms. The predicted molar refractivity (Wildman–Crippen MR) is 79.2 cm³/mol. The first-order valence-electron chi connectivity index (χ1n) is 6.98. The van der Waals surface area contributed by atoms with Gasteiger partial charge in [-0.15, -0.1) is 0 Å². The smallest absolute Gasteiger partial charge is 0.308 e. The number of halogens is 1. The van der Waals surface area contributed by atoms with Crippen LogP contribution in [0.4, 0.5) is 0 Å². The lowest BCUT2D eigenvalue weighted by atomic mass is 9.77. The van der Waals surface area contributed by atoms with Crippen LogP contribution >= 0.6 is 15.9 Å². The minimum Gasteiger partial charge on any atom is -0.466 e. The molecule has 1 aliphatic rings. The molecule has 1 aromatic rings. The van der Waals surface area contributed by atoms with Crippen LogP contribution in [0.2, 0.25) is 0 Å². The molecule has 0 aromatic carbocycles. The van der Waals surface area contributed by atoms with Crippen LogP contribution in [0.5, 0.6) is 0 Å². The Balaban J connectivity index is 2.09. The summed E-state index contributed by atoms with van der Waals surface area (Å²) in [6.07, 6.45) is 2.36. The van der Waals surface area contributed by atoms with Gasteiger partial charge in [-0.1, -0.05) is 0 Å². The Labute approximate surface area is 127 Å². The molecule has 1 N–H and O–H groups in total. The van der Waals surface area contributed by atoms with Gasteiger partial charge in [0, 0.05) is 0 Å². The summed E-state index contributed by atoms with van der Waals surface area (Å²) in [6.45, 7) is 4.20. The number of esters is 1. The van der Waals surface area contributed by atoms with Crippen LogP contribution in [0, 0.1) is 12.8 Å². The number of rotatable bonds is 3. The van der Waals surface area contributed by atoms with Gasteiger partial charge in [0.15, 0.2) is 0 Å². The molecule has 1 aromatic heterocycles. The zero-order valence-electron chi connectivity index (χ0n) is 11.9. The Bertz CT molecular complexity index is 476. The van der Waals surface area contributed by atoms with Crippen molar-refractivity contribution < 1.29 is 14.6 Å². The lowest BCUT2D eigenvalue weighted by molar-refractivity contribution is -0.151. The molecule has 0 bridgehead atoms. The van der Waals surface area contributed by atoms with Gasteiger partial charge in [-0.3, -0.25) is 4.79 Å². The fourth-order valence-corrected chi connectivity index (χ4v) is 3.26. The predicted octanol–water partition coefficient (Wildman–Crippen LogP) is 3.09. The number of pyridine rings is 1. The number of aryl methyl sites for hydroxylation is 1. The van der Waals surface area contributed by atoms with Crippen molar-refractivity contribution in [2.24, 2.45) is 5.92 Å². The Morgan fingerprint density at radius 2 is 2.15 bits per heavy atom. The molecule has 0 unspecified atom stereocenters. The van der Waals surface area contributed by atoms with E-state index in [1.807, 2.05) is 26.0 Å². The largest absolute Gasteiger partial charge is 0.466 e. The summed E-state index contributed by atoms with van der Waals surface area (Å²) in [7, 11) is 0. The van der Waals surface area contributed by atoms with Crippen LogP contribution < -0.4 is 0 Å². The third-order valence-corrected chi connectivity index (χ3v) is 4.25. The SMILES string of the molecule is CCOC(=O)[C@H]1CC[C@](O)(c2cc(C)cc(Br)n2)CC1. The van der Waals surface area contributed by atoms with Crippen molar-refractivity contribution in [2.75, 3.05) is 6.61 Å². The van der Waals surface area contributed by atoms with E-state index in [1.54, 1.807) is 0 Å². The van der Waals surface area contributed by atoms with E-state index in [4.69, 9.17) is 4.74 Å². The van der Waals surface area contributed by atoms with E-state index >= 15 is 0 Å². The van der Waals surface area contributed by atoms with Crippen molar-refractivity contribution in [3.05, 3.63) is 28.0 Å². The van der Waals surface area contributed by atoms with Gasteiger partial charge in [-0.25, -0.2) is 4.98 Å². The summed E-state index contributed by atoms with van der Waals surface area (Å²) < 4.78 is 5.78. The molecular formula is C15H20BrNO3. The summed E-state index contributed by atoms with van der Waals surface area (Å²) in [5, 5.41) is 10.8. The highest BCUT2D eigenvalue weighted by Crippen LogP contribution is 2.39. The second-order valence-electron chi connectivity index (χ2n) is 5.41. The highest BCUT2D eigenvalue weighted by atomic mass is 79.9. The molecule has 1 fully saturated rings. The number of aliphatic hydroxyl groups is 1. The molecule has 0 atom stereocenters. The average molecular weight is 342 g/mol. The summed E-state index contributed by atoms with van der Waals surface area (Å²) in [4.78, 5) is 16.1. The van der Waals surface area contributed by atoms with E-state index in [1.165, 1.54) is 0 Å². The fourth-order valence-electron chi connectivity index (χ4n) is 2.71. The van der Waals surface area contributed by atoms with E-state index in [2.05, 4.69) is 20.9 Å². The number of carbonyl (C=O) groups excluding carboxylic acids is 1. The van der Waals surface area contributed by atoms with Gasteiger partial charge in [0.25, 0.3) is 0 Å². The molecule has 0 spiro atoms. The van der Waals surface area contributed by atoms with E-state index in [-0.39, 0.29) is 11.9 Å². The lowest BCUT2D eigenvalue weighted by Gasteiger charge is -2.34. The highest BCUT2D eigenvalue weighted by molar-refractivity contribution is 9.10. The minimum absolute atomic E-state index is 0.0940. The fraction of sp³-hybridized carbons (Fsp3) is 0.600. The van der Waals surface area contributed by atoms with E-state index in [9.17, 15) is 9.90 Å². The number of carbonyl (C=O) groups is 1. The molecule has 2 rings (SSSR count). The normalized spacial score (nSPS) is 26.3. The van der Waals surface area contributed by atoms with Crippen LogP contribution in [0.15, 0.2) is 16.7 Å². The second-order valence-corrected chi connectivity index (χ2v) is 6.22.